The molecule has 94 valence electrons. The van der Waals surface area contributed by atoms with E-state index in [1.165, 1.54) is 0 Å². The zero-order valence-corrected chi connectivity index (χ0v) is 11.0. The molecule has 0 bridgehead atoms. The smallest absolute Gasteiger partial charge is 0.154 e. The number of hydrogen-bond donors (Lipinski definition) is 1. The topological polar surface area (TPSA) is 47.6 Å². The molecule has 17 heavy (non-hydrogen) atoms. The Morgan fingerprint density at radius 1 is 1.24 bits per heavy atom. The first kappa shape index (κ1) is 13.4. The highest BCUT2D eigenvalue weighted by atomic mass is 16.5. The molecule has 1 aromatic rings. The van der Waals surface area contributed by atoms with E-state index < -0.39 is 5.54 Å². The molecule has 0 saturated carbocycles. The van der Waals surface area contributed by atoms with E-state index in [1.807, 2.05) is 26.0 Å². The fourth-order valence-corrected chi connectivity index (χ4v) is 1.33. The van der Waals surface area contributed by atoms with Gasteiger partial charge in [-0.25, -0.2) is 0 Å². The van der Waals surface area contributed by atoms with E-state index in [0.717, 1.165) is 5.69 Å². The molecule has 0 aliphatic heterocycles. The molecule has 0 spiro atoms. The Morgan fingerprint density at radius 3 is 2.35 bits per heavy atom. The molecule has 1 rings (SSSR count). The maximum Gasteiger partial charge on any atom is 0.154 e. The van der Waals surface area contributed by atoms with Gasteiger partial charge in [0.15, 0.2) is 5.78 Å². The zero-order chi connectivity index (χ0) is 13.1. The summed E-state index contributed by atoms with van der Waals surface area (Å²) in [5.41, 5.74) is 0.149. The molecule has 4 nitrogen and oxygen atoms in total. The average Bonchev–Trinajstić information content (AvgIpc) is 2.29. The van der Waals surface area contributed by atoms with Crippen molar-refractivity contribution < 1.29 is 14.3 Å². The molecule has 0 fully saturated rings. The van der Waals surface area contributed by atoms with Crippen molar-refractivity contribution in [3.05, 3.63) is 18.2 Å². The number of hydrogen-bond acceptors (Lipinski definition) is 4. The first-order valence-corrected chi connectivity index (χ1v) is 5.42. The first-order valence-electron chi connectivity index (χ1n) is 5.42. The molecule has 0 unspecified atom stereocenters. The number of anilines is 1. The summed E-state index contributed by atoms with van der Waals surface area (Å²) in [6, 6.07) is 5.43. The molecule has 0 saturated heterocycles. The lowest BCUT2D eigenvalue weighted by Gasteiger charge is -2.25. The Balaban J connectivity index is 3.02. The van der Waals surface area contributed by atoms with Gasteiger partial charge in [-0.15, -0.1) is 0 Å². The second kappa shape index (κ2) is 5.08. The van der Waals surface area contributed by atoms with Gasteiger partial charge in [0.25, 0.3) is 0 Å². The maximum atomic E-state index is 11.5. The van der Waals surface area contributed by atoms with Gasteiger partial charge in [-0.3, -0.25) is 4.79 Å². The molecular weight excluding hydrogens is 218 g/mol. The maximum absolute atomic E-state index is 11.5. The third-order valence-electron chi connectivity index (χ3n) is 2.74. The molecule has 1 N–H and O–H groups in total. The van der Waals surface area contributed by atoms with Crippen molar-refractivity contribution in [1.29, 1.82) is 0 Å². The van der Waals surface area contributed by atoms with E-state index in [0.29, 0.717) is 11.5 Å². The molecule has 0 aliphatic carbocycles. The summed E-state index contributed by atoms with van der Waals surface area (Å²) >= 11 is 0. The summed E-state index contributed by atoms with van der Waals surface area (Å²) < 4.78 is 10.4. The number of ketones is 1. The molecular formula is C13H19NO3. The molecule has 0 amide bonds. The lowest BCUT2D eigenvalue weighted by atomic mass is 10.00. The van der Waals surface area contributed by atoms with Crippen molar-refractivity contribution in [3.63, 3.8) is 0 Å². The molecule has 4 heteroatoms. The standard InChI is InChI=1S/C13H19NO3/c1-9(15)13(2,3)14-11-7-6-10(16-4)8-12(11)17-5/h6-8,14H,1-5H3. The Morgan fingerprint density at radius 2 is 1.88 bits per heavy atom. The minimum atomic E-state index is -0.623. The van der Waals surface area contributed by atoms with Crippen LogP contribution in [0.3, 0.4) is 0 Å². The normalized spacial score (nSPS) is 10.9. The van der Waals surface area contributed by atoms with Crippen LogP contribution >= 0.6 is 0 Å². The molecule has 0 atom stereocenters. The lowest BCUT2D eigenvalue weighted by Crippen LogP contribution is -2.38. The number of rotatable bonds is 5. The number of benzene rings is 1. The van der Waals surface area contributed by atoms with E-state index >= 15 is 0 Å². The van der Waals surface area contributed by atoms with Gasteiger partial charge in [0.2, 0.25) is 0 Å². The minimum Gasteiger partial charge on any atom is -0.497 e. The monoisotopic (exact) mass is 237 g/mol. The number of nitrogens with one attached hydrogen (secondary N) is 1. The Hall–Kier alpha value is -1.71. The highest BCUT2D eigenvalue weighted by Crippen LogP contribution is 2.31. The summed E-state index contributed by atoms with van der Waals surface area (Å²) in [6.45, 7) is 5.22. The quantitative estimate of drug-likeness (QED) is 0.854. The highest BCUT2D eigenvalue weighted by Gasteiger charge is 2.24. The molecule has 0 aliphatic rings. The van der Waals surface area contributed by atoms with Crippen LogP contribution in [0.5, 0.6) is 11.5 Å². The Kier molecular flexibility index (Phi) is 3.99. The Labute approximate surface area is 102 Å². The zero-order valence-electron chi connectivity index (χ0n) is 11.0. The summed E-state index contributed by atoms with van der Waals surface area (Å²) in [5, 5.41) is 3.16. The summed E-state index contributed by atoms with van der Waals surface area (Å²) in [6.07, 6.45) is 0. The predicted molar refractivity (Wildman–Crippen MR) is 67.9 cm³/mol. The van der Waals surface area contributed by atoms with Gasteiger partial charge in [-0.2, -0.15) is 0 Å². The van der Waals surface area contributed by atoms with Gasteiger partial charge in [0.1, 0.15) is 11.5 Å². The third-order valence-corrected chi connectivity index (χ3v) is 2.74. The van der Waals surface area contributed by atoms with Crippen molar-refractivity contribution >= 4 is 11.5 Å². The van der Waals surface area contributed by atoms with Crippen molar-refractivity contribution in [1.82, 2.24) is 0 Å². The van der Waals surface area contributed by atoms with Gasteiger partial charge in [0.05, 0.1) is 25.4 Å². The number of ether oxygens (including phenoxy) is 2. The van der Waals surface area contributed by atoms with E-state index in [1.54, 1.807) is 27.2 Å². The van der Waals surface area contributed by atoms with E-state index in [-0.39, 0.29) is 5.78 Å². The van der Waals surface area contributed by atoms with E-state index in [4.69, 9.17) is 9.47 Å². The lowest BCUT2D eigenvalue weighted by molar-refractivity contribution is -0.120. The van der Waals surface area contributed by atoms with Crippen LogP contribution in [0.25, 0.3) is 0 Å². The van der Waals surface area contributed by atoms with Crippen molar-refractivity contribution in [2.24, 2.45) is 0 Å². The van der Waals surface area contributed by atoms with E-state index in [2.05, 4.69) is 5.32 Å². The van der Waals surface area contributed by atoms with Gasteiger partial charge in [-0.05, 0) is 32.9 Å². The van der Waals surface area contributed by atoms with Crippen molar-refractivity contribution in [2.75, 3.05) is 19.5 Å². The first-order chi connectivity index (χ1) is 7.90. The summed E-state index contributed by atoms with van der Waals surface area (Å²) in [4.78, 5) is 11.5. The fraction of sp³-hybridized carbons (Fsp3) is 0.462. The number of Topliss-reactive ketones (excluding diaryl/α,β-unsaturated/α-hetero) is 1. The van der Waals surface area contributed by atoms with Crippen molar-refractivity contribution in [3.8, 4) is 11.5 Å². The summed E-state index contributed by atoms with van der Waals surface area (Å²) in [5.74, 6) is 1.43. The van der Waals surface area contributed by atoms with Crippen LogP contribution in [0.4, 0.5) is 5.69 Å². The molecule has 1 aromatic carbocycles. The van der Waals surface area contributed by atoms with Crippen LogP contribution in [0, 0.1) is 0 Å². The average molecular weight is 237 g/mol. The van der Waals surface area contributed by atoms with Crippen LogP contribution in [-0.2, 0) is 4.79 Å². The van der Waals surface area contributed by atoms with Crippen LogP contribution in [-0.4, -0.2) is 25.5 Å². The number of methoxy groups -OCH3 is 2. The highest BCUT2D eigenvalue weighted by molar-refractivity contribution is 5.88. The second-order valence-corrected chi connectivity index (χ2v) is 4.37. The molecule has 0 radical (unpaired) electrons. The Bertz CT molecular complexity index is 413. The van der Waals surface area contributed by atoms with Crippen LogP contribution in [0.2, 0.25) is 0 Å². The second-order valence-electron chi connectivity index (χ2n) is 4.37. The number of carbonyl (C=O) groups excluding carboxylic acids is 1. The predicted octanol–water partition coefficient (Wildman–Crippen LogP) is 2.48. The van der Waals surface area contributed by atoms with Gasteiger partial charge in [-0.1, -0.05) is 0 Å². The minimum absolute atomic E-state index is 0.0652. The van der Waals surface area contributed by atoms with Gasteiger partial charge in [0, 0.05) is 6.07 Å². The van der Waals surface area contributed by atoms with Crippen LogP contribution in [0.1, 0.15) is 20.8 Å². The molecule has 0 heterocycles. The van der Waals surface area contributed by atoms with Gasteiger partial charge >= 0.3 is 0 Å². The van der Waals surface area contributed by atoms with E-state index in [9.17, 15) is 4.79 Å². The fourth-order valence-electron chi connectivity index (χ4n) is 1.33. The SMILES string of the molecule is COc1ccc(NC(C)(C)C(C)=O)c(OC)c1. The molecule has 0 aromatic heterocycles. The van der Waals surface area contributed by atoms with Gasteiger partial charge < -0.3 is 14.8 Å². The summed E-state index contributed by atoms with van der Waals surface area (Å²) in [7, 11) is 3.18. The number of carbonyl (C=O) groups is 1. The van der Waals surface area contributed by atoms with Crippen molar-refractivity contribution in [2.45, 2.75) is 26.3 Å². The van der Waals surface area contributed by atoms with Crippen LogP contribution < -0.4 is 14.8 Å². The largest absolute Gasteiger partial charge is 0.497 e. The third kappa shape index (κ3) is 3.12. The van der Waals surface area contributed by atoms with Crippen LogP contribution in [0.15, 0.2) is 18.2 Å².